The van der Waals surface area contributed by atoms with E-state index >= 15 is 0 Å². The van der Waals surface area contributed by atoms with Gasteiger partial charge in [0.15, 0.2) is 0 Å². The zero-order valence-corrected chi connectivity index (χ0v) is 13.2. The van der Waals surface area contributed by atoms with Gasteiger partial charge in [-0.2, -0.15) is 0 Å². The summed E-state index contributed by atoms with van der Waals surface area (Å²) in [4.78, 5) is 12.3. The third-order valence-electron chi connectivity index (χ3n) is 3.75. The van der Waals surface area contributed by atoms with Crippen LogP contribution in [-0.2, 0) is 11.3 Å². The molecule has 0 unspecified atom stereocenters. The standard InChI is InChI=1S/C19H19NO3/c1-13(18-11-16-5-3-4-6-17(16)23-18)20-19(21)15-9-7-14(8-10-15)12-22-2/h3-11,13H,12H2,1-2H3,(H,20,21)/t13-/m1/s1. The number of methoxy groups -OCH3 is 1. The van der Waals surface area contributed by atoms with Crippen molar-refractivity contribution in [3.05, 3.63) is 71.5 Å². The van der Waals surface area contributed by atoms with Gasteiger partial charge in [0.1, 0.15) is 11.3 Å². The Morgan fingerprint density at radius 2 is 1.91 bits per heavy atom. The molecule has 23 heavy (non-hydrogen) atoms. The number of furan rings is 1. The first-order valence-electron chi connectivity index (χ1n) is 7.54. The van der Waals surface area contributed by atoms with E-state index < -0.39 is 0 Å². The highest BCUT2D eigenvalue weighted by Gasteiger charge is 2.15. The Morgan fingerprint density at radius 3 is 2.61 bits per heavy atom. The predicted molar refractivity (Wildman–Crippen MR) is 89.3 cm³/mol. The quantitative estimate of drug-likeness (QED) is 0.773. The molecular weight excluding hydrogens is 290 g/mol. The minimum atomic E-state index is -0.200. The Bertz CT molecular complexity index is 772. The average Bonchev–Trinajstić information content (AvgIpc) is 3.00. The van der Waals surface area contributed by atoms with E-state index in [0.29, 0.717) is 12.2 Å². The molecule has 3 aromatic rings. The van der Waals surface area contributed by atoms with Crippen molar-refractivity contribution in [2.75, 3.05) is 7.11 Å². The molecule has 4 nitrogen and oxygen atoms in total. The molecule has 1 aromatic heterocycles. The molecule has 1 heterocycles. The minimum Gasteiger partial charge on any atom is -0.459 e. The van der Waals surface area contributed by atoms with Crippen molar-refractivity contribution in [2.24, 2.45) is 0 Å². The summed E-state index contributed by atoms with van der Waals surface area (Å²) in [6.45, 7) is 2.45. The zero-order chi connectivity index (χ0) is 16.2. The van der Waals surface area contributed by atoms with Gasteiger partial charge in [-0.15, -0.1) is 0 Å². The number of hydrogen-bond donors (Lipinski definition) is 1. The molecular formula is C19H19NO3. The molecule has 1 atom stereocenters. The van der Waals surface area contributed by atoms with Gasteiger partial charge in [0.25, 0.3) is 5.91 Å². The highest BCUT2D eigenvalue weighted by atomic mass is 16.5. The largest absolute Gasteiger partial charge is 0.459 e. The fraction of sp³-hybridized carbons (Fsp3) is 0.211. The molecule has 0 saturated carbocycles. The van der Waals surface area contributed by atoms with Gasteiger partial charge in [0.05, 0.1) is 12.6 Å². The second kappa shape index (κ2) is 6.67. The van der Waals surface area contributed by atoms with Crippen molar-refractivity contribution in [3.63, 3.8) is 0 Å². The van der Waals surface area contributed by atoms with Gasteiger partial charge in [0, 0.05) is 18.1 Å². The van der Waals surface area contributed by atoms with E-state index in [-0.39, 0.29) is 11.9 Å². The maximum Gasteiger partial charge on any atom is 0.251 e. The van der Waals surface area contributed by atoms with Crippen LogP contribution in [0.1, 0.15) is 34.6 Å². The molecule has 0 aliphatic rings. The van der Waals surface area contributed by atoms with Gasteiger partial charge in [-0.05, 0) is 36.8 Å². The Balaban J connectivity index is 1.71. The van der Waals surface area contributed by atoms with E-state index in [2.05, 4.69) is 5.32 Å². The molecule has 0 spiro atoms. The fourth-order valence-electron chi connectivity index (χ4n) is 2.49. The average molecular weight is 309 g/mol. The minimum absolute atomic E-state index is 0.123. The number of carbonyl (C=O) groups is 1. The molecule has 1 amide bonds. The van der Waals surface area contributed by atoms with Gasteiger partial charge in [-0.25, -0.2) is 0 Å². The van der Waals surface area contributed by atoms with Crippen molar-refractivity contribution in [2.45, 2.75) is 19.6 Å². The van der Waals surface area contributed by atoms with Gasteiger partial charge in [0.2, 0.25) is 0 Å². The highest BCUT2D eigenvalue weighted by Crippen LogP contribution is 2.23. The number of para-hydroxylation sites is 1. The Labute approximate surface area is 135 Å². The number of benzene rings is 2. The smallest absolute Gasteiger partial charge is 0.251 e. The summed E-state index contributed by atoms with van der Waals surface area (Å²) in [6.07, 6.45) is 0. The van der Waals surface area contributed by atoms with E-state index in [1.165, 1.54) is 0 Å². The summed E-state index contributed by atoms with van der Waals surface area (Å²) in [5.41, 5.74) is 2.48. The van der Waals surface area contributed by atoms with Crippen LogP contribution in [0.4, 0.5) is 0 Å². The monoisotopic (exact) mass is 309 g/mol. The predicted octanol–water partition coefficient (Wildman–Crippen LogP) is 4.07. The number of hydrogen-bond acceptors (Lipinski definition) is 3. The van der Waals surface area contributed by atoms with Crippen LogP contribution in [0, 0.1) is 0 Å². The molecule has 4 heteroatoms. The van der Waals surface area contributed by atoms with E-state index in [1.54, 1.807) is 19.2 Å². The lowest BCUT2D eigenvalue weighted by Gasteiger charge is -2.11. The Hall–Kier alpha value is -2.59. The summed E-state index contributed by atoms with van der Waals surface area (Å²) in [5.74, 6) is 0.623. The summed E-state index contributed by atoms with van der Waals surface area (Å²) < 4.78 is 10.9. The molecule has 0 aliphatic carbocycles. The zero-order valence-electron chi connectivity index (χ0n) is 13.2. The first-order valence-corrected chi connectivity index (χ1v) is 7.54. The summed E-state index contributed by atoms with van der Waals surface area (Å²) in [6, 6.07) is 17.0. The SMILES string of the molecule is COCc1ccc(C(=O)N[C@H](C)c2cc3ccccc3o2)cc1. The molecule has 2 aromatic carbocycles. The van der Waals surface area contributed by atoms with Crippen LogP contribution in [-0.4, -0.2) is 13.0 Å². The fourth-order valence-corrected chi connectivity index (χ4v) is 2.49. The molecule has 0 aliphatic heterocycles. The van der Waals surface area contributed by atoms with Crippen LogP contribution in [0.5, 0.6) is 0 Å². The summed E-state index contributed by atoms with van der Waals surface area (Å²) in [7, 11) is 1.65. The van der Waals surface area contributed by atoms with Crippen molar-refractivity contribution in [1.29, 1.82) is 0 Å². The van der Waals surface area contributed by atoms with Gasteiger partial charge in [-0.1, -0.05) is 30.3 Å². The maximum atomic E-state index is 12.3. The van der Waals surface area contributed by atoms with Crippen LogP contribution in [0.15, 0.2) is 59.0 Å². The topological polar surface area (TPSA) is 51.5 Å². The van der Waals surface area contributed by atoms with E-state index in [4.69, 9.17) is 9.15 Å². The molecule has 1 N–H and O–H groups in total. The third-order valence-corrected chi connectivity index (χ3v) is 3.75. The highest BCUT2D eigenvalue weighted by molar-refractivity contribution is 5.94. The van der Waals surface area contributed by atoms with Crippen LogP contribution in [0.25, 0.3) is 11.0 Å². The van der Waals surface area contributed by atoms with Crippen molar-refractivity contribution >= 4 is 16.9 Å². The number of rotatable bonds is 5. The second-order valence-corrected chi connectivity index (χ2v) is 5.51. The molecule has 0 radical (unpaired) electrons. The van der Waals surface area contributed by atoms with Gasteiger partial charge < -0.3 is 14.5 Å². The molecule has 0 saturated heterocycles. The lowest BCUT2D eigenvalue weighted by atomic mass is 10.1. The first kappa shape index (κ1) is 15.3. The second-order valence-electron chi connectivity index (χ2n) is 5.51. The van der Waals surface area contributed by atoms with E-state index in [1.807, 2.05) is 49.4 Å². The van der Waals surface area contributed by atoms with Gasteiger partial charge >= 0.3 is 0 Å². The number of fused-ring (bicyclic) bond motifs is 1. The van der Waals surface area contributed by atoms with Crippen LogP contribution >= 0.6 is 0 Å². The van der Waals surface area contributed by atoms with Crippen LogP contribution in [0.3, 0.4) is 0 Å². The van der Waals surface area contributed by atoms with Crippen LogP contribution < -0.4 is 5.32 Å². The number of amides is 1. The van der Waals surface area contributed by atoms with E-state index in [0.717, 1.165) is 22.3 Å². The third kappa shape index (κ3) is 3.43. The van der Waals surface area contributed by atoms with Crippen molar-refractivity contribution in [1.82, 2.24) is 5.32 Å². The molecule has 0 bridgehead atoms. The maximum absolute atomic E-state index is 12.3. The molecule has 118 valence electrons. The lowest BCUT2D eigenvalue weighted by molar-refractivity contribution is 0.0935. The van der Waals surface area contributed by atoms with E-state index in [9.17, 15) is 4.79 Å². The normalized spacial score (nSPS) is 12.3. The first-order chi connectivity index (χ1) is 11.2. The summed E-state index contributed by atoms with van der Waals surface area (Å²) in [5, 5.41) is 4.00. The number of carbonyl (C=O) groups excluding carboxylic acids is 1. The Morgan fingerprint density at radius 1 is 1.17 bits per heavy atom. The molecule has 0 fully saturated rings. The van der Waals surface area contributed by atoms with Crippen molar-refractivity contribution in [3.8, 4) is 0 Å². The number of ether oxygens (including phenoxy) is 1. The summed E-state index contributed by atoms with van der Waals surface area (Å²) >= 11 is 0. The van der Waals surface area contributed by atoms with Gasteiger partial charge in [-0.3, -0.25) is 4.79 Å². The van der Waals surface area contributed by atoms with Crippen molar-refractivity contribution < 1.29 is 13.9 Å². The lowest BCUT2D eigenvalue weighted by Crippen LogP contribution is -2.26. The number of nitrogens with one attached hydrogen (secondary N) is 1. The van der Waals surface area contributed by atoms with Crippen LogP contribution in [0.2, 0.25) is 0 Å². The Kier molecular flexibility index (Phi) is 4.44. The molecule has 3 rings (SSSR count).